The summed E-state index contributed by atoms with van der Waals surface area (Å²) in [7, 11) is 0. The first kappa shape index (κ1) is 13.5. The molecule has 0 unspecified atom stereocenters. The van der Waals surface area contributed by atoms with E-state index < -0.39 is 11.8 Å². The van der Waals surface area contributed by atoms with E-state index in [4.69, 9.17) is 5.11 Å². The molecule has 0 aliphatic rings. The summed E-state index contributed by atoms with van der Waals surface area (Å²) in [6.45, 7) is 0.176. The van der Waals surface area contributed by atoms with Crippen molar-refractivity contribution in [2.75, 3.05) is 0 Å². The Balaban J connectivity index is 2.34. The number of aromatic carboxylic acids is 1. The molecule has 0 fully saturated rings. The molecule has 0 aliphatic heterocycles. The first-order valence-electron chi connectivity index (χ1n) is 5.35. The highest BCUT2D eigenvalue weighted by Gasteiger charge is 2.10. The Hall–Kier alpha value is -1.95. The minimum Gasteiger partial charge on any atom is -0.478 e. The van der Waals surface area contributed by atoms with E-state index in [0.29, 0.717) is 10.0 Å². The third-order valence-electron chi connectivity index (χ3n) is 2.59. The second-order valence-corrected chi connectivity index (χ2v) is 4.76. The predicted octanol–water partition coefficient (Wildman–Crippen LogP) is 2.50. The summed E-state index contributed by atoms with van der Waals surface area (Å²) in [5, 5.41) is 8.73. The first-order chi connectivity index (χ1) is 8.99. The van der Waals surface area contributed by atoms with E-state index >= 15 is 0 Å². The van der Waals surface area contributed by atoms with Crippen LogP contribution in [-0.2, 0) is 6.54 Å². The number of carboxylic acids is 1. The number of aromatic nitrogens is 1. The van der Waals surface area contributed by atoms with Crippen LogP contribution in [0.15, 0.2) is 45.8 Å². The van der Waals surface area contributed by atoms with E-state index in [9.17, 15) is 14.0 Å². The van der Waals surface area contributed by atoms with Crippen molar-refractivity contribution >= 4 is 21.9 Å². The predicted molar refractivity (Wildman–Crippen MR) is 70.9 cm³/mol. The van der Waals surface area contributed by atoms with Crippen molar-refractivity contribution in [1.82, 2.24) is 4.57 Å². The number of carboxylic acid groups (broad SMARTS) is 1. The van der Waals surface area contributed by atoms with Gasteiger partial charge in [0.2, 0.25) is 0 Å². The van der Waals surface area contributed by atoms with Crippen LogP contribution in [0.2, 0.25) is 0 Å². The van der Waals surface area contributed by atoms with Gasteiger partial charge >= 0.3 is 5.97 Å². The fourth-order valence-corrected chi connectivity index (χ4v) is 2.04. The molecule has 19 heavy (non-hydrogen) atoms. The lowest BCUT2D eigenvalue weighted by Crippen LogP contribution is -2.20. The van der Waals surface area contributed by atoms with Gasteiger partial charge in [0, 0.05) is 6.20 Å². The summed E-state index contributed by atoms with van der Waals surface area (Å²) in [6.07, 6.45) is 1.58. The Labute approximate surface area is 116 Å². The van der Waals surface area contributed by atoms with Crippen LogP contribution in [0.5, 0.6) is 0 Å². The standard InChI is InChI=1S/C13H9BrFNO3/c14-10-2-1-5-16(12(10)17)7-8-3-4-9(13(18)19)11(15)6-8/h1-6H,7H2,(H,18,19). The Morgan fingerprint density at radius 1 is 1.37 bits per heavy atom. The highest BCUT2D eigenvalue weighted by atomic mass is 79.9. The Morgan fingerprint density at radius 3 is 2.74 bits per heavy atom. The molecule has 6 heteroatoms. The molecular formula is C13H9BrFNO3. The topological polar surface area (TPSA) is 59.3 Å². The van der Waals surface area contributed by atoms with Gasteiger partial charge in [-0.05, 0) is 45.8 Å². The number of nitrogens with zero attached hydrogens (tertiary/aromatic N) is 1. The summed E-state index contributed by atoms with van der Waals surface area (Å²) < 4.78 is 15.3. The Morgan fingerprint density at radius 2 is 2.11 bits per heavy atom. The lowest BCUT2D eigenvalue weighted by molar-refractivity contribution is 0.0692. The number of benzene rings is 1. The van der Waals surface area contributed by atoms with Gasteiger partial charge in [0.25, 0.3) is 5.56 Å². The number of hydrogen-bond acceptors (Lipinski definition) is 2. The van der Waals surface area contributed by atoms with Crippen molar-refractivity contribution in [3.8, 4) is 0 Å². The Bertz CT molecular complexity index is 697. The van der Waals surface area contributed by atoms with Crippen LogP contribution in [0.25, 0.3) is 0 Å². The molecular weight excluding hydrogens is 317 g/mol. The molecule has 0 saturated carbocycles. The molecule has 0 amide bonds. The van der Waals surface area contributed by atoms with Gasteiger partial charge < -0.3 is 9.67 Å². The lowest BCUT2D eigenvalue weighted by atomic mass is 10.1. The maximum atomic E-state index is 13.5. The summed E-state index contributed by atoms with van der Waals surface area (Å²) in [4.78, 5) is 22.5. The van der Waals surface area contributed by atoms with Gasteiger partial charge in [-0.15, -0.1) is 0 Å². The maximum Gasteiger partial charge on any atom is 0.338 e. The smallest absolute Gasteiger partial charge is 0.338 e. The third-order valence-corrected chi connectivity index (χ3v) is 3.19. The molecule has 98 valence electrons. The maximum absolute atomic E-state index is 13.5. The molecule has 2 aromatic rings. The van der Waals surface area contributed by atoms with E-state index in [1.165, 1.54) is 16.7 Å². The average molecular weight is 326 g/mol. The van der Waals surface area contributed by atoms with Crippen LogP contribution in [0, 0.1) is 5.82 Å². The summed E-state index contributed by atoms with van der Waals surface area (Å²) in [5.41, 5.74) is -0.0988. The largest absolute Gasteiger partial charge is 0.478 e. The zero-order chi connectivity index (χ0) is 14.0. The molecule has 1 N–H and O–H groups in total. The minimum atomic E-state index is -1.32. The van der Waals surface area contributed by atoms with Gasteiger partial charge in [-0.2, -0.15) is 0 Å². The fourth-order valence-electron chi connectivity index (χ4n) is 1.66. The monoisotopic (exact) mass is 325 g/mol. The van der Waals surface area contributed by atoms with Crippen molar-refractivity contribution in [2.45, 2.75) is 6.54 Å². The van der Waals surface area contributed by atoms with Crippen LogP contribution >= 0.6 is 15.9 Å². The van der Waals surface area contributed by atoms with Gasteiger partial charge in [-0.25, -0.2) is 9.18 Å². The molecule has 0 aliphatic carbocycles. The lowest BCUT2D eigenvalue weighted by Gasteiger charge is -2.07. The highest BCUT2D eigenvalue weighted by Crippen LogP contribution is 2.12. The highest BCUT2D eigenvalue weighted by molar-refractivity contribution is 9.10. The van der Waals surface area contributed by atoms with Crippen LogP contribution in [0.3, 0.4) is 0 Å². The molecule has 1 aromatic heterocycles. The summed E-state index contributed by atoms with van der Waals surface area (Å²) in [5.74, 6) is -2.13. The second kappa shape index (κ2) is 5.36. The number of carbonyl (C=O) groups is 1. The van der Waals surface area contributed by atoms with E-state index in [1.807, 2.05) is 0 Å². The first-order valence-corrected chi connectivity index (χ1v) is 6.15. The van der Waals surface area contributed by atoms with E-state index in [0.717, 1.165) is 6.07 Å². The van der Waals surface area contributed by atoms with Gasteiger partial charge in [0.15, 0.2) is 0 Å². The van der Waals surface area contributed by atoms with E-state index in [1.54, 1.807) is 18.3 Å². The molecule has 1 aromatic carbocycles. The molecule has 1 heterocycles. The van der Waals surface area contributed by atoms with Gasteiger partial charge in [0.1, 0.15) is 5.82 Å². The molecule has 0 spiro atoms. The minimum absolute atomic E-state index is 0.176. The quantitative estimate of drug-likeness (QED) is 0.943. The van der Waals surface area contributed by atoms with Gasteiger partial charge in [-0.3, -0.25) is 4.79 Å². The number of pyridine rings is 1. The average Bonchev–Trinajstić information content (AvgIpc) is 2.34. The zero-order valence-electron chi connectivity index (χ0n) is 9.64. The Kier molecular flexibility index (Phi) is 3.80. The normalized spacial score (nSPS) is 10.4. The van der Waals surface area contributed by atoms with Crippen molar-refractivity contribution < 1.29 is 14.3 Å². The second-order valence-electron chi connectivity index (χ2n) is 3.91. The van der Waals surface area contributed by atoms with Crippen LogP contribution in [0.4, 0.5) is 4.39 Å². The number of rotatable bonds is 3. The van der Waals surface area contributed by atoms with E-state index in [2.05, 4.69) is 15.9 Å². The SMILES string of the molecule is O=C(O)c1ccc(Cn2cccc(Br)c2=O)cc1F. The molecule has 0 atom stereocenters. The van der Waals surface area contributed by atoms with Crippen molar-refractivity contribution in [3.63, 3.8) is 0 Å². The fraction of sp³-hybridized carbons (Fsp3) is 0.0769. The molecule has 0 bridgehead atoms. The summed E-state index contributed by atoms with van der Waals surface area (Å²) in [6, 6.07) is 7.10. The third kappa shape index (κ3) is 2.90. The number of halogens is 2. The molecule has 2 rings (SSSR count). The summed E-state index contributed by atoms with van der Waals surface area (Å²) >= 11 is 3.12. The van der Waals surface area contributed by atoms with E-state index in [-0.39, 0.29) is 17.7 Å². The molecule has 0 radical (unpaired) electrons. The number of hydrogen-bond donors (Lipinski definition) is 1. The van der Waals surface area contributed by atoms with Gasteiger partial charge in [0.05, 0.1) is 16.6 Å². The van der Waals surface area contributed by atoms with Crippen molar-refractivity contribution in [3.05, 3.63) is 68.3 Å². The van der Waals surface area contributed by atoms with Crippen LogP contribution < -0.4 is 5.56 Å². The van der Waals surface area contributed by atoms with Crippen molar-refractivity contribution in [2.24, 2.45) is 0 Å². The van der Waals surface area contributed by atoms with Crippen LogP contribution in [0.1, 0.15) is 15.9 Å². The van der Waals surface area contributed by atoms with Gasteiger partial charge in [-0.1, -0.05) is 6.07 Å². The zero-order valence-corrected chi connectivity index (χ0v) is 11.2. The van der Waals surface area contributed by atoms with Crippen molar-refractivity contribution in [1.29, 1.82) is 0 Å². The molecule has 4 nitrogen and oxygen atoms in total. The van der Waals surface area contributed by atoms with Crippen LogP contribution in [-0.4, -0.2) is 15.6 Å². The molecule has 0 saturated heterocycles.